The van der Waals surface area contributed by atoms with Crippen LogP contribution in [0.5, 0.6) is 0 Å². The second kappa shape index (κ2) is 17.8. The summed E-state index contributed by atoms with van der Waals surface area (Å²) >= 11 is 0. The van der Waals surface area contributed by atoms with E-state index in [1.165, 1.54) is 18.9 Å². The number of cyclic esters (lactones) is 1. The van der Waals surface area contributed by atoms with Crippen LogP contribution < -0.4 is 5.32 Å². The van der Waals surface area contributed by atoms with Gasteiger partial charge in [-0.1, -0.05) is 40.7 Å². The molecule has 3 fully saturated rings. The summed E-state index contributed by atoms with van der Waals surface area (Å²) < 4.78 is 47.2. The van der Waals surface area contributed by atoms with E-state index < -0.39 is 83.1 Å². The highest BCUT2D eigenvalue weighted by Gasteiger charge is 2.61. The molecule has 0 aromatic carbocycles. The van der Waals surface area contributed by atoms with Gasteiger partial charge in [0.05, 0.1) is 23.9 Å². The van der Waals surface area contributed by atoms with Gasteiger partial charge in [-0.3, -0.25) is 14.6 Å². The number of aryl methyl sites for hydroxylation is 1. The maximum atomic E-state index is 16.8. The molecule has 13 atom stereocenters. The van der Waals surface area contributed by atoms with Crippen LogP contribution in [-0.2, 0) is 44.5 Å². The van der Waals surface area contributed by atoms with Gasteiger partial charge in [-0.2, -0.15) is 0 Å². The molecule has 13 nitrogen and oxygen atoms in total. The Bertz CT molecular complexity index is 1470. The number of ether oxygens (including phenoxy) is 5. The Balaban J connectivity index is 1.74. The summed E-state index contributed by atoms with van der Waals surface area (Å²) in [6, 6.07) is 4.40. The Morgan fingerprint density at radius 1 is 1.06 bits per heavy atom. The van der Waals surface area contributed by atoms with Crippen LogP contribution in [0.25, 0.3) is 0 Å². The van der Waals surface area contributed by atoms with E-state index in [9.17, 15) is 24.3 Å². The number of aliphatic hydroxyl groups is 1. The van der Waals surface area contributed by atoms with Gasteiger partial charge >= 0.3 is 12.1 Å². The molecule has 3 aliphatic rings. The third-order valence-corrected chi connectivity index (χ3v) is 11.8. The number of amides is 1. The number of nitrogens with zero attached hydrogens (tertiary/aromatic N) is 2. The molecule has 3 aliphatic heterocycles. The Morgan fingerprint density at radius 2 is 1.76 bits per heavy atom. The number of pyridine rings is 1. The average molecular weight is 764 g/mol. The lowest BCUT2D eigenvalue weighted by Gasteiger charge is -2.46. The van der Waals surface area contributed by atoms with Crippen LogP contribution >= 0.6 is 0 Å². The van der Waals surface area contributed by atoms with Crippen molar-refractivity contribution in [2.24, 2.45) is 17.8 Å². The molecule has 1 aromatic heterocycles. The first-order valence-corrected chi connectivity index (χ1v) is 19.5. The van der Waals surface area contributed by atoms with Gasteiger partial charge in [0.2, 0.25) is 0 Å². The fourth-order valence-electron chi connectivity index (χ4n) is 8.82. The smallest absolute Gasteiger partial charge is 0.410 e. The standard InChI is InChI=1S/C40H62FN3O10/c1-11-29-40(9)32(44(37(49)54-40)20-16-14-18-27-17-13-15-19-43-27)25(5)30(45)23(3)22-38(7,50-10)34(26(6)33(47)39(8,41)36(48)52-29)53-35-31(46)28(42-12-2)21-24(4)51-35/h13,15,17,19,23-26,28-29,31-32,34-35,42,46H,11-12,14,16,18,20-22H2,1-10H3/t23-,24-,25+,26-,28+,29-,31+,32?,34-,35+,38-,39+,40-/m1/s1. The van der Waals surface area contributed by atoms with Gasteiger partial charge in [0.1, 0.15) is 18.0 Å². The van der Waals surface area contributed by atoms with Crippen LogP contribution in [0, 0.1) is 17.8 Å². The minimum Gasteiger partial charge on any atom is -0.455 e. The molecule has 0 radical (unpaired) electrons. The fourth-order valence-corrected chi connectivity index (χ4v) is 8.82. The molecule has 0 spiro atoms. The van der Waals surface area contributed by atoms with Crippen molar-refractivity contribution in [1.82, 2.24) is 15.2 Å². The van der Waals surface area contributed by atoms with Gasteiger partial charge in [-0.15, -0.1) is 0 Å². The van der Waals surface area contributed by atoms with Crippen molar-refractivity contribution in [3.8, 4) is 0 Å². The molecule has 304 valence electrons. The highest BCUT2D eigenvalue weighted by molar-refractivity contribution is 6.08. The Labute approximate surface area is 319 Å². The number of nitrogens with one attached hydrogen (secondary N) is 1. The predicted molar refractivity (Wildman–Crippen MR) is 197 cm³/mol. The number of likely N-dealkylation sites (N-methyl/N-ethyl adjacent to an activating group) is 1. The first-order chi connectivity index (χ1) is 25.4. The molecule has 4 rings (SSSR count). The molecule has 0 saturated carbocycles. The molecular formula is C40H62FN3O10. The van der Waals surface area contributed by atoms with E-state index in [4.69, 9.17) is 23.7 Å². The number of esters is 1. The van der Waals surface area contributed by atoms with Gasteiger partial charge in [0.25, 0.3) is 5.67 Å². The number of carbonyl (C=O) groups is 4. The topological polar surface area (TPSA) is 163 Å². The predicted octanol–water partition coefficient (Wildman–Crippen LogP) is 4.75. The minimum atomic E-state index is -3.16. The number of aromatic nitrogens is 1. The zero-order valence-electron chi connectivity index (χ0n) is 33.6. The van der Waals surface area contributed by atoms with E-state index in [0.717, 1.165) is 12.6 Å². The third-order valence-electron chi connectivity index (χ3n) is 11.8. The number of hydrogen-bond acceptors (Lipinski definition) is 12. The second-order valence-electron chi connectivity index (χ2n) is 16.0. The van der Waals surface area contributed by atoms with Gasteiger partial charge in [0.15, 0.2) is 17.7 Å². The molecule has 0 bridgehead atoms. The first-order valence-electron chi connectivity index (χ1n) is 19.5. The normalized spacial score (nSPS) is 39.8. The zero-order valence-corrected chi connectivity index (χ0v) is 33.6. The minimum absolute atomic E-state index is 0.0108. The van der Waals surface area contributed by atoms with E-state index in [0.29, 0.717) is 32.2 Å². The van der Waals surface area contributed by atoms with Gasteiger partial charge < -0.3 is 39.0 Å². The van der Waals surface area contributed by atoms with Crippen LogP contribution in [0.2, 0.25) is 0 Å². The summed E-state index contributed by atoms with van der Waals surface area (Å²) in [7, 11) is 1.40. The molecule has 0 aliphatic carbocycles. The summed E-state index contributed by atoms with van der Waals surface area (Å²) in [6.07, 6.45) is -1.60. The molecule has 4 heterocycles. The number of rotatable bonds is 11. The van der Waals surface area contributed by atoms with Crippen LogP contribution in [0.1, 0.15) is 100 Å². The number of hydrogen-bond donors (Lipinski definition) is 2. The summed E-state index contributed by atoms with van der Waals surface area (Å²) in [5.74, 6) is -5.71. The fraction of sp³-hybridized carbons (Fsp3) is 0.775. The SMILES string of the molecule is CCN[C@H]1C[C@@H](C)O[C@@H](O[C@@H]2[C@H](C)C(=O)[C@](C)(F)C(=O)O[C@H](CC)[C@@]3(C)OC(=O)N(CCCCc4ccccn4)C3[C@@H](C)C(=O)[C@H](C)C[C@@]2(C)OC)[C@H]1O. The molecule has 1 aromatic rings. The number of Topliss-reactive ketones (excluding diaryl/α,β-unsaturated/α-hetero) is 2. The molecule has 1 unspecified atom stereocenters. The number of fused-ring (bicyclic) bond motifs is 1. The molecule has 14 heteroatoms. The van der Waals surface area contributed by atoms with Crippen molar-refractivity contribution in [2.45, 2.75) is 160 Å². The van der Waals surface area contributed by atoms with Gasteiger partial charge in [-0.25, -0.2) is 14.0 Å². The van der Waals surface area contributed by atoms with Crippen LogP contribution in [-0.4, -0.2) is 118 Å². The van der Waals surface area contributed by atoms with E-state index in [1.54, 1.807) is 40.8 Å². The number of carbonyl (C=O) groups excluding carboxylic acids is 4. The zero-order chi connectivity index (χ0) is 40.2. The van der Waals surface area contributed by atoms with Gasteiger partial charge in [-0.05, 0) is 84.9 Å². The van der Waals surface area contributed by atoms with Crippen molar-refractivity contribution >= 4 is 23.6 Å². The number of alkyl halides is 1. The second-order valence-corrected chi connectivity index (χ2v) is 16.0. The summed E-state index contributed by atoms with van der Waals surface area (Å²) in [4.78, 5) is 62.1. The lowest BCUT2D eigenvalue weighted by atomic mass is 9.73. The molecule has 3 saturated heterocycles. The van der Waals surface area contributed by atoms with Crippen molar-refractivity contribution in [3.63, 3.8) is 0 Å². The van der Waals surface area contributed by atoms with Crippen LogP contribution in [0.3, 0.4) is 0 Å². The molecule has 2 N–H and O–H groups in total. The van der Waals surface area contributed by atoms with E-state index in [2.05, 4.69) is 10.3 Å². The van der Waals surface area contributed by atoms with Crippen molar-refractivity contribution in [3.05, 3.63) is 30.1 Å². The number of ketones is 2. The number of methoxy groups -OCH3 is 1. The van der Waals surface area contributed by atoms with Gasteiger partial charge in [0, 0.05) is 49.3 Å². The van der Waals surface area contributed by atoms with E-state index in [-0.39, 0.29) is 37.3 Å². The maximum Gasteiger partial charge on any atom is 0.410 e. The van der Waals surface area contributed by atoms with Crippen molar-refractivity contribution in [2.75, 3.05) is 20.2 Å². The number of aliphatic hydroxyl groups excluding tert-OH is 1. The quantitative estimate of drug-likeness (QED) is 0.181. The first kappa shape index (κ1) is 43.7. The number of unbranched alkanes of at least 4 members (excludes halogenated alkanes) is 1. The molecular weight excluding hydrogens is 701 g/mol. The highest BCUT2D eigenvalue weighted by atomic mass is 19.1. The van der Waals surface area contributed by atoms with E-state index >= 15 is 4.39 Å². The summed E-state index contributed by atoms with van der Waals surface area (Å²) in [6.45, 7) is 15.3. The third kappa shape index (κ3) is 8.98. The lowest BCUT2D eigenvalue weighted by Crippen LogP contribution is -2.62. The van der Waals surface area contributed by atoms with Crippen LogP contribution in [0.4, 0.5) is 9.18 Å². The number of halogens is 1. The Kier molecular flexibility index (Phi) is 14.4. The summed E-state index contributed by atoms with van der Waals surface area (Å²) in [5, 5.41) is 14.6. The molecule has 1 amide bonds. The highest BCUT2D eigenvalue weighted by Crippen LogP contribution is 2.43. The maximum absolute atomic E-state index is 16.8. The van der Waals surface area contributed by atoms with Crippen molar-refractivity contribution in [1.29, 1.82) is 0 Å². The van der Waals surface area contributed by atoms with Crippen molar-refractivity contribution < 1.29 is 52.4 Å². The van der Waals surface area contributed by atoms with E-state index in [1.807, 2.05) is 32.0 Å². The molecule has 54 heavy (non-hydrogen) atoms. The Morgan fingerprint density at radius 3 is 2.37 bits per heavy atom. The largest absolute Gasteiger partial charge is 0.455 e. The lowest BCUT2D eigenvalue weighted by molar-refractivity contribution is -0.290. The monoisotopic (exact) mass is 763 g/mol. The summed E-state index contributed by atoms with van der Waals surface area (Å²) in [5.41, 5.74) is -5.24. The Hall–Kier alpha value is -3.04. The van der Waals surface area contributed by atoms with Crippen LogP contribution in [0.15, 0.2) is 24.4 Å². The average Bonchev–Trinajstić information content (AvgIpc) is 3.40.